The van der Waals surface area contributed by atoms with Crippen LogP contribution < -0.4 is 25.7 Å². The fourth-order valence-electron chi connectivity index (χ4n) is 2.49. The average molecular weight is 358 g/mol. The molecule has 0 bridgehead atoms. The molecule has 0 aliphatic carbocycles. The molecule has 7 nitrogen and oxygen atoms in total. The van der Waals surface area contributed by atoms with E-state index in [1.165, 1.54) is 0 Å². The maximum atomic E-state index is 11.6. The van der Waals surface area contributed by atoms with Crippen LogP contribution in [0.5, 0.6) is 11.5 Å². The Balaban J connectivity index is 1.79. The third kappa shape index (κ3) is 5.54. The van der Waals surface area contributed by atoms with E-state index in [9.17, 15) is 4.79 Å². The van der Waals surface area contributed by atoms with E-state index in [4.69, 9.17) is 9.47 Å². The van der Waals surface area contributed by atoms with Crippen molar-refractivity contribution in [1.29, 1.82) is 0 Å². The minimum absolute atomic E-state index is 0.0337. The van der Waals surface area contributed by atoms with Crippen LogP contribution >= 0.6 is 0 Å². The molecule has 0 unspecified atom stereocenters. The van der Waals surface area contributed by atoms with Gasteiger partial charge < -0.3 is 24.7 Å². The van der Waals surface area contributed by atoms with E-state index in [0.717, 1.165) is 25.1 Å². The number of aliphatic imine (C=N–C) groups is 1. The highest BCUT2D eigenvalue weighted by Gasteiger charge is 2.06. The molecule has 0 saturated carbocycles. The number of nitrogens with one attached hydrogen (secondary N) is 2. The normalized spacial score (nSPS) is 11.1. The van der Waals surface area contributed by atoms with Crippen LogP contribution in [0.1, 0.15) is 12.8 Å². The van der Waals surface area contributed by atoms with Crippen molar-refractivity contribution in [2.45, 2.75) is 19.4 Å². The minimum Gasteiger partial charge on any atom is -0.493 e. The largest absolute Gasteiger partial charge is 0.493 e. The molecule has 0 aliphatic rings. The number of rotatable bonds is 8. The summed E-state index contributed by atoms with van der Waals surface area (Å²) in [6.45, 7) is 1.47. The maximum absolute atomic E-state index is 11.6. The van der Waals surface area contributed by atoms with Crippen molar-refractivity contribution in [3.63, 3.8) is 0 Å². The number of aryl methyl sites for hydroxylation is 1. The summed E-state index contributed by atoms with van der Waals surface area (Å²) in [5, 5.41) is 6.48. The molecule has 1 aromatic heterocycles. The number of benzene rings is 1. The summed E-state index contributed by atoms with van der Waals surface area (Å²) in [5.41, 5.74) is 0.887. The summed E-state index contributed by atoms with van der Waals surface area (Å²) in [4.78, 5) is 15.9. The Labute approximate surface area is 153 Å². The minimum atomic E-state index is 0.0337. The number of hydrogen-bond donors (Lipinski definition) is 2. The molecule has 7 heteroatoms. The highest BCUT2D eigenvalue weighted by atomic mass is 16.5. The van der Waals surface area contributed by atoms with E-state index in [1.54, 1.807) is 38.0 Å². The number of guanidine groups is 1. The van der Waals surface area contributed by atoms with Crippen LogP contribution in [0, 0.1) is 0 Å². The van der Waals surface area contributed by atoms with Gasteiger partial charge in [0.05, 0.1) is 14.2 Å². The van der Waals surface area contributed by atoms with Gasteiger partial charge in [-0.2, -0.15) is 0 Å². The zero-order chi connectivity index (χ0) is 18.8. The zero-order valence-corrected chi connectivity index (χ0v) is 15.5. The molecule has 0 aliphatic heterocycles. The van der Waals surface area contributed by atoms with E-state index < -0.39 is 0 Å². The van der Waals surface area contributed by atoms with Gasteiger partial charge in [-0.05, 0) is 31.0 Å². The van der Waals surface area contributed by atoms with E-state index in [0.29, 0.717) is 24.0 Å². The second-order valence-electron chi connectivity index (χ2n) is 5.63. The van der Waals surface area contributed by atoms with E-state index in [1.807, 2.05) is 30.5 Å². The number of aromatic nitrogens is 1. The third-order valence-corrected chi connectivity index (χ3v) is 3.89. The van der Waals surface area contributed by atoms with Gasteiger partial charge in [0.1, 0.15) is 0 Å². The van der Waals surface area contributed by atoms with Gasteiger partial charge >= 0.3 is 0 Å². The summed E-state index contributed by atoms with van der Waals surface area (Å²) in [6.07, 6.45) is 3.64. The lowest BCUT2D eigenvalue weighted by Crippen LogP contribution is -2.31. The topological polar surface area (TPSA) is 76.9 Å². The van der Waals surface area contributed by atoms with Crippen LogP contribution in [-0.2, 0) is 6.54 Å². The lowest BCUT2D eigenvalue weighted by atomic mass is 10.2. The summed E-state index contributed by atoms with van der Waals surface area (Å²) >= 11 is 0. The smallest absolute Gasteiger partial charge is 0.250 e. The molecule has 2 rings (SSSR count). The Kier molecular flexibility index (Phi) is 7.54. The van der Waals surface area contributed by atoms with Crippen molar-refractivity contribution in [3.8, 4) is 11.5 Å². The first-order chi connectivity index (χ1) is 12.7. The molecule has 1 heterocycles. The van der Waals surface area contributed by atoms with Gasteiger partial charge in [-0.1, -0.05) is 6.07 Å². The number of ether oxygens (including phenoxy) is 2. The molecule has 0 radical (unpaired) electrons. The van der Waals surface area contributed by atoms with Crippen molar-refractivity contribution >= 4 is 11.6 Å². The predicted octanol–water partition coefficient (Wildman–Crippen LogP) is 2.33. The number of pyridine rings is 1. The Hall–Kier alpha value is -2.96. The molecular formula is C19H26N4O3. The van der Waals surface area contributed by atoms with Gasteiger partial charge in [-0.15, -0.1) is 0 Å². The van der Waals surface area contributed by atoms with Crippen LogP contribution in [0.3, 0.4) is 0 Å². The van der Waals surface area contributed by atoms with Crippen LogP contribution in [0.15, 0.2) is 52.4 Å². The number of nitrogens with zero attached hydrogens (tertiary/aromatic N) is 2. The first-order valence-electron chi connectivity index (χ1n) is 8.53. The zero-order valence-electron chi connectivity index (χ0n) is 15.5. The van der Waals surface area contributed by atoms with Crippen molar-refractivity contribution in [2.24, 2.45) is 4.99 Å². The summed E-state index contributed by atoms with van der Waals surface area (Å²) < 4.78 is 12.3. The second-order valence-corrected chi connectivity index (χ2v) is 5.63. The number of hydrogen-bond acceptors (Lipinski definition) is 4. The highest BCUT2D eigenvalue weighted by Crippen LogP contribution is 2.29. The van der Waals surface area contributed by atoms with Gasteiger partial charge in [0, 0.05) is 44.2 Å². The van der Waals surface area contributed by atoms with Gasteiger partial charge in [-0.25, -0.2) is 0 Å². The fraction of sp³-hybridized carbons (Fsp3) is 0.368. The average Bonchev–Trinajstić information content (AvgIpc) is 2.67. The molecule has 0 atom stereocenters. The van der Waals surface area contributed by atoms with Crippen molar-refractivity contribution < 1.29 is 9.47 Å². The molecule has 2 N–H and O–H groups in total. The van der Waals surface area contributed by atoms with Crippen LogP contribution in [0.4, 0.5) is 5.69 Å². The summed E-state index contributed by atoms with van der Waals surface area (Å²) in [6, 6.07) is 10.8. The molecule has 0 fully saturated rings. The van der Waals surface area contributed by atoms with Crippen molar-refractivity contribution in [3.05, 3.63) is 52.9 Å². The monoisotopic (exact) mass is 358 g/mol. The lowest BCUT2D eigenvalue weighted by Gasteiger charge is -2.14. The third-order valence-electron chi connectivity index (χ3n) is 3.89. The molecule has 1 aromatic carbocycles. The quantitative estimate of drug-likeness (QED) is 0.430. The number of unbranched alkanes of at least 4 members (excludes halogenated alkanes) is 1. The molecule has 0 spiro atoms. The van der Waals surface area contributed by atoms with Crippen LogP contribution in [-0.4, -0.2) is 38.3 Å². The van der Waals surface area contributed by atoms with E-state index >= 15 is 0 Å². The van der Waals surface area contributed by atoms with Gasteiger partial charge in [0.15, 0.2) is 17.5 Å². The van der Waals surface area contributed by atoms with E-state index in [2.05, 4.69) is 15.6 Å². The molecule has 26 heavy (non-hydrogen) atoms. The van der Waals surface area contributed by atoms with Crippen LogP contribution in [0.25, 0.3) is 0 Å². The highest BCUT2D eigenvalue weighted by molar-refractivity contribution is 5.93. The van der Waals surface area contributed by atoms with E-state index in [-0.39, 0.29) is 5.56 Å². The summed E-state index contributed by atoms with van der Waals surface area (Å²) in [5.74, 6) is 2.01. The predicted molar refractivity (Wildman–Crippen MR) is 104 cm³/mol. The lowest BCUT2D eigenvalue weighted by molar-refractivity contribution is 0.355. The Morgan fingerprint density at radius 1 is 1.12 bits per heavy atom. The Morgan fingerprint density at radius 2 is 1.92 bits per heavy atom. The Morgan fingerprint density at radius 3 is 2.62 bits per heavy atom. The van der Waals surface area contributed by atoms with Gasteiger partial charge in [0.2, 0.25) is 5.56 Å². The summed E-state index contributed by atoms with van der Waals surface area (Å²) in [7, 11) is 4.93. The first-order valence-corrected chi connectivity index (χ1v) is 8.53. The molecule has 140 valence electrons. The Bertz CT molecular complexity index is 786. The first kappa shape index (κ1) is 19.4. The molecule has 0 amide bonds. The van der Waals surface area contributed by atoms with Crippen LogP contribution in [0.2, 0.25) is 0 Å². The van der Waals surface area contributed by atoms with Crippen molar-refractivity contribution in [2.75, 3.05) is 33.1 Å². The molecular weight excluding hydrogens is 332 g/mol. The fourth-order valence-corrected chi connectivity index (χ4v) is 2.49. The SMILES string of the molecule is CN=C(NCCCCn1ccccc1=O)Nc1ccc(OC)c(OC)c1. The standard InChI is InChI=1S/C19H26N4O3/c1-20-19(22-15-9-10-16(25-2)17(14-15)26-3)21-11-5-7-13-23-12-6-4-8-18(23)24/h4,6,8-10,12,14H,5,7,11,13H2,1-3H3,(H2,20,21,22). The molecule has 0 saturated heterocycles. The second kappa shape index (κ2) is 10.1. The maximum Gasteiger partial charge on any atom is 0.250 e. The van der Waals surface area contributed by atoms with Gasteiger partial charge in [-0.3, -0.25) is 9.79 Å². The van der Waals surface area contributed by atoms with Gasteiger partial charge in [0.25, 0.3) is 0 Å². The number of anilines is 1. The molecule has 2 aromatic rings. The van der Waals surface area contributed by atoms with Crippen molar-refractivity contribution in [1.82, 2.24) is 9.88 Å². The number of methoxy groups -OCH3 is 2.